The van der Waals surface area contributed by atoms with Crippen molar-refractivity contribution < 1.29 is 4.74 Å². The molecule has 1 unspecified atom stereocenters. The van der Waals surface area contributed by atoms with Gasteiger partial charge in [0.1, 0.15) is 0 Å². The Balaban J connectivity index is 2.42. The second-order valence-electron chi connectivity index (χ2n) is 5.54. The van der Waals surface area contributed by atoms with E-state index in [0.717, 1.165) is 32.6 Å². The van der Waals surface area contributed by atoms with Crippen molar-refractivity contribution in [2.24, 2.45) is 11.1 Å². The van der Waals surface area contributed by atoms with Gasteiger partial charge in [-0.3, -0.25) is 0 Å². The number of hydrogen-bond donors (Lipinski definition) is 1. The highest BCUT2D eigenvalue weighted by atomic mass is 16.5. The Kier molecular flexibility index (Phi) is 4.56. The Hall–Kier alpha value is -0.120. The van der Waals surface area contributed by atoms with Crippen LogP contribution in [0.25, 0.3) is 0 Å². The fraction of sp³-hybridized carbons (Fsp3) is 1.00. The number of nitrogens with two attached hydrogens (primary N) is 1. The van der Waals surface area contributed by atoms with Gasteiger partial charge in [0.05, 0.1) is 0 Å². The summed E-state index contributed by atoms with van der Waals surface area (Å²) in [5.41, 5.74) is 6.18. The Bertz CT molecular complexity index is 186. The normalized spacial score (nSPS) is 22.0. The predicted octanol–water partition coefficient (Wildman–Crippen LogP) is 1.47. The van der Waals surface area contributed by atoms with Gasteiger partial charge in [-0.05, 0) is 32.2 Å². The lowest BCUT2D eigenvalue weighted by molar-refractivity contribution is 0.0290. The number of ether oxygens (including phenoxy) is 1. The molecule has 1 atom stereocenters. The highest BCUT2D eigenvalue weighted by molar-refractivity contribution is 4.83. The molecule has 0 saturated carbocycles. The summed E-state index contributed by atoms with van der Waals surface area (Å²) in [6, 6.07) is 0.913. The molecule has 0 aromatic carbocycles. The second kappa shape index (κ2) is 5.28. The van der Waals surface area contributed by atoms with E-state index < -0.39 is 0 Å². The molecule has 1 fully saturated rings. The van der Waals surface area contributed by atoms with Crippen molar-refractivity contribution in [1.29, 1.82) is 0 Å². The standard InChI is InChI=1S/C12H26N2O/c1-10(13)12(2,3)9-14(4)11-5-7-15-8-6-11/h10-11H,5-9,13H2,1-4H3. The zero-order valence-corrected chi connectivity index (χ0v) is 10.6. The third kappa shape index (κ3) is 3.74. The SMILES string of the molecule is CC(N)C(C)(C)CN(C)C1CCOCC1. The summed E-state index contributed by atoms with van der Waals surface area (Å²) in [6.45, 7) is 9.47. The first kappa shape index (κ1) is 12.9. The maximum Gasteiger partial charge on any atom is 0.0480 e. The molecule has 0 aliphatic carbocycles. The van der Waals surface area contributed by atoms with Crippen molar-refractivity contribution in [3.05, 3.63) is 0 Å². The van der Waals surface area contributed by atoms with E-state index in [9.17, 15) is 0 Å². The third-order valence-electron chi connectivity index (χ3n) is 3.70. The summed E-state index contributed by atoms with van der Waals surface area (Å²) in [4.78, 5) is 2.45. The van der Waals surface area contributed by atoms with Crippen LogP contribution in [0.1, 0.15) is 33.6 Å². The Morgan fingerprint density at radius 1 is 1.40 bits per heavy atom. The largest absolute Gasteiger partial charge is 0.381 e. The molecular formula is C12H26N2O. The van der Waals surface area contributed by atoms with Gasteiger partial charge in [-0.2, -0.15) is 0 Å². The van der Waals surface area contributed by atoms with Crippen LogP contribution in [-0.4, -0.2) is 43.8 Å². The molecule has 90 valence electrons. The van der Waals surface area contributed by atoms with Crippen molar-refractivity contribution in [2.45, 2.75) is 45.7 Å². The molecule has 1 aliphatic heterocycles. The van der Waals surface area contributed by atoms with Gasteiger partial charge in [-0.1, -0.05) is 13.8 Å². The molecular weight excluding hydrogens is 188 g/mol. The zero-order valence-electron chi connectivity index (χ0n) is 10.6. The first-order valence-electron chi connectivity index (χ1n) is 5.97. The fourth-order valence-electron chi connectivity index (χ4n) is 2.04. The van der Waals surface area contributed by atoms with Crippen LogP contribution >= 0.6 is 0 Å². The average molecular weight is 214 g/mol. The molecule has 0 radical (unpaired) electrons. The van der Waals surface area contributed by atoms with Gasteiger partial charge in [0, 0.05) is 31.8 Å². The van der Waals surface area contributed by atoms with Crippen molar-refractivity contribution in [1.82, 2.24) is 4.90 Å². The minimum absolute atomic E-state index is 0.188. The quantitative estimate of drug-likeness (QED) is 0.770. The monoisotopic (exact) mass is 214 g/mol. The van der Waals surface area contributed by atoms with E-state index in [1.807, 2.05) is 0 Å². The first-order valence-corrected chi connectivity index (χ1v) is 5.97. The lowest BCUT2D eigenvalue weighted by Crippen LogP contribution is -2.47. The molecule has 0 amide bonds. The van der Waals surface area contributed by atoms with Crippen LogP contribution in [0.2, 0.25) is 0 Å². The number of hydrogen-bond acceptors (Lipinski definition) is 3. The van der Waals surface area contributed by atoms with E-state index in [0.29, 0.717) is 6.04 Å². The molecule has 0 aromatic rings. The molecule has 15 heavy (non-hydrogen) atoms. The molecule has 0 aromatic heterocycles. The van der Waals surface area contributed by atoms with Gasteiger partial charge < -0.3 is 15.4 Å². The van der Waals surface area contributed by atoms with Crippen LogP contribution in [0.3, 0.4) is 0 Å². The van der Waals surface area contributed by atoms with E-state index in [1.54, 1.807) is 0 Å². The molecule has 1 aliphatic rings. The molecule has 0 spiro atoms. The van der Waals surface area contributed by atoms with Crippen LogP contribution in [0.5, 0.6) is 0 Å². The van der Waals surface area contributed by atoms with Gasteiger partial charge >= 0.3 is 0 Å². The summed E-state index contributed by atoms with van der Waals surface area (Å²) in [6.07, 6.45) is 2.32. The summed E-state index contributed by atoms with van der Waals surface area (Å²) in [5.74, 6) is 0. The molecule has 1 saturated heterocycles. The van der Waals surface area contributed by atoms with Gasteiger partial charge in [-0.15, -0.1) is 0 Å². The molecule has 1 heterocycles. The average Bonchev–Trinajstić information content (AvgIpc) is 2.18. The zero-order chi connectivity index (χ0) is 11.5. The summed E-state index contributed by atoms with van der Waals surface area (Å²) >= 11 is 0. The number of rotatable bonds is 4. The van der Waals surface area contributed by atoms with E-state index in [-0.39, 0.29) is 11.5 Å². The van der Waals surface area contributed by atoms with E-state index in [4.69, 9.17) is 10.5 Å². The van der Waals surface area contributed by atoms with Crippen molar-refractivity contribution in [3.8, 4) is 0 Å². The van der Waals surface area contributed by atoms with Crippen LogP contribution in [0.4, 0.5) is 0 Å². The highest BCUT2D eigenvalue weighted by Crippen LogP contribution is 2.23. The Labute approximate surface area is 94.0 Å². The summed E-state index contributed by atoms with van der Waals surface area (Å²) in [5, 5.41) is 0. The van der Waals surface area contributed by atoms with Gasteiger partial charge in [0.25, 0.3) is 0 Å². The van der Waals surface area contributed by atoms with Crippen LogP contribution in [0, 0.1) is 5.41 Å². The van der Waals surface area contributed by atoms with Gasteiger partial charge in [0.15, 0.2) is 0 Å². The Morgan fingerprint density at radius 3 is 2.40 bits per heavy atom. The number of nitrogens with zero attached hydrogens (tertiary/aromatic N) is 1. The molecule has 0 bridgehead atoms. The maximum atomic E-state index is 6.00. The highest BCUT2D eigenvalue weighted by Gasteiger charge is 2.28. The Morgan fingerprint density at radius 2 is 1.93 bits per heavy atom. The fourth-order valence-corrected chi connectivity index (χ4v) is 2.04. The smallest absolute Gasteiger partial charge is 0.0480 e. The summed E-state index contributed by atoms with van der Waals surface area (Å²) < 4.78 is 5.38. The lowest BCUT2D eigenvalue weighted by atomic mass is 9.85. The molecule has 1 rings (SSSR count). The molecule has 3 nitrogen and oxygen atoms in total. The van der Waals surface area contributed by atoms with Crippen LogP contribution in [-0.2, 0) is 4.74 Å². The van der Waals surface area contributed by atoms with E-state index in [1.165, 1.54) is 0 Å². The molecule has 2 N–H and O–H groups in total. The van der Waals surface area contributed by atoms with E-state index in [2.05, 4.69) is 32.7 Å². The first-order chi connectivity index (χ1) is 6.93. The van der Waals surface area contributed by atoms with Crippen molar-refractivity contribution in [3.63, 3.8) is 0 Å². The lowest BCUT2D eigenvalue weighted by Gasteiger charge is -2.38. The van der Waals surface area contributed by atoms with Crippen molar-refractivity contribution in [2.75, 3.05) is 26.8 Å². The second-order valence-corrected chi connectivity index (χ2v) is 5.54. The topological polar surface area (TPSA) is 38.5 Å². The van der Waals surface area contributed by atoms with E-state index >= 15 is 0 Å². The minimum atomic E-state index is 0.188. The maximum absolute atomic E-state index is 6.00. The van der Waals surface area contributed by atoms with Crippen LogP contribution < -0.4 is 5.73 Å². The minimum Gasteiger partial charge on any atom is -0.381 e. The third-order valence-corrected chi connectivity index (χ3v) is 3.70. The molecule has 3 heteroatoms. The summed E-state index contributed by atoms with van der Waals surface area (Å²) in [7, 11) is 2.21. The van der Waals surface area contributed by atoms with Crippen molar-refractivity contribution >= 4 is 0 Å². The predicted molar refractivity (Wildman–Crippen MR) is 63.9 cm³/mol. The van der Waals surface area contributed by atoms with Crippen LogP contribution in [0.15, 0.2) is 0 Å². The van der Waals surface area contributed by atoms with Gasteiger partial charge in [0.2, 0.25) is 0 Å². The van der Waals surface area contributed by atoms with Gasteiger partial charge in [-0.25, -0.2) is 0 Å².